The minimum absolute atomic E-state index is 0.144. The number of nitrogens with zero attached hydrogens (tertiary/aromatic N) is 5. The van der Waals surface area contributed by atoms with Crippen LogP contribution in [0.1, 0.15) is 12.0 Å². The SMILES string of the molecule is OCCCNc1cc(N2CCc3c(-c4cccc(O)c4)nc(N4CCOCC4)nc32)ccn1. The second-order valence-corrected chi connectivity index (χ2v) is 8.13. The van der Waals surface area contributed by atoms with Crippen LogP contribution in [0.4, 0.5) is 23.3 Å². The molecule has 0 amide bonds. The minimum Gasteiger partial charge on any atom is -0.508 e. The number of anilines is 4. The van der Waals surface area contributed by atoms with Crippen LogP contribution in [-0.2, 0) is 11.2 Å². The molecule has 0 bridgehead atoms. The van der Waals surface area contributed by atoms with E-state index < -0.39 is 0 Å². The number of hydrogen-bond donors (Lipinski definition) is 3. The summed E-state index contributed by atoms with van der Waals surface area (Å²) in [6.45, 7) is 4.37. The molecule has 172 valence electrons. The van der Waals surface area contributed by atoms with Crippen molar-refractivity contribution < 1.29 is 14.9 Å². The van der Waals surface area contributed by atoms with Crippen molar-refractivity contribution in [3.63, 3.8) is 0 Å². The Morgan fingerprint density at radius 2 is 1.94 bits per heavy atom. The number of aromatic hydroxyl groups is 1. The van der Waals surface area contributed by atoms with Gasteiger partial charge in [-0.15, -0.1) is 0 Å². The number of morpholine rings is 1. The van der Waals surface area contributed by atoms with Crippen LogP contribution >= 0.6 is 0 Å². The minimum atomic E-state index is 0.144. The number of aromatic nitrogens is 3. The highest BCUT2D eigenvalue weighted by Gasteiger charge is 2.29. The maximum atomic E-state index is 10.1. The number of benzene rings is 1. The average molecular weight is 449 g/mol. The summed E-state index contributed by atoms with van der Waals surface area (Å²) < 4.78 is 5.52. The molecule has 1 saturated heterocycles. The molecule has 33 heavy (non-hydrogen) atoms. The molecule has 0 saturated carbocycles. The molecule has 9 heteroatoms. The fourth-order valence-electron chi connectivity index (χ4n) is 4.27. The van der Waals surface area contributed by atoms with Gasteiger partial charge in [-0.3, -0.25) is 0 Å². The summed E-state index contributed by atoms with van der Waals surface area (Å²) in [5, 5.41) is 22.4. The van der Waals surface area contributed by atoms with Gasteiger partial charge in [-0.1, -0.05) is 12.1 Å². The monoisotopic (exact) mass is 448 g/mol. The van der Waals surface area contributed by atoms with Crippen molar-refractivity contribution in [1.82, 2.24) is 15.0 Å². The van der Waals surface area contributed by atoms with Gasteiger partial charge >= 0.3 is 0 Å². The van der Waals surface area contributed by atoms with Crippen molar-refractivity contribution in [2.45, 2.75) is 12.8 Å². The Labute approximate surface area is 192 Å². The van der Waals surface area contributed by atoms with Crippen molar-refractivity contribution in [3.05, 3.63) is 48.2 Å². The van der Waals surface area contributed by atoms with E-state index in [-0.39, 0.29) is 12.4 Å². The molecule has 2 aliphatic heterocycles. The molecule has 0 radical (unpaired) electrons. The van der Waals surface area contributed by atoms with Crippen LogP contribution in [-0.4, -0.2) is 71.2 Å². The smallest absolute Gasteiger partial charge is 0.228 e. The zero-order valence-electron chi connectivity index (χ0n) is 18.4. The highest BCUT2D eigenvalue weighted by molar-refractivity contribution is 5.78. The highest BCUT2D eigenvalue weighted by atomic mass is 16.5. The highest BCUT2D eigenvalue weighted by Crippen LogP contribution is 2.40. The number of nitrogens with one attached hydrogen (secondary N) is 1. The van der Waals surface area contributed by atoms with Crippen molar-refractivity contribution in [1.29, 1.82) is 0 Å². The van der Waals surface area contributed by atoms with Crippen LogP contribution in [0.5, 0.6) is 5.75 Å². The summed E-state index contributed by atoms with van der Waals surface area (Å²) in [6.07, 6.45) is 3.26. The number of pyridine rings is 1. The predicted molar refractivity (Wildman–Crippen MR) is 127 cm³/mol. The summed E-state index contributed by atoms with van der Waals surface area (Å²) in [5.74, 6) is 2.55. The molecule has 1 fully saturated rings. The molecule has 0 aliphatic carbocycles. The van der Waals surface area contributed by atoms with Crippen LogP contribution < -0.4 is 15.1 Å². The zero-order valence-corrected chi connectivity index (χ0v) is 18.4. The maximum Gasteiger partial charge on any atom is 0.228 e. The molecule has 2 aliphatic rings. The van der Waals surface area contributed by atoms with Crippen molar-refractivity contribution >= 4 is 23.3 Å². The van der Waals surface area contributed by atoms with Crippen LogP contribution in [0.3, 0.4) is 0 Å². The lowest BCUT2D eigenvalue weighted by Crippen LogP contribution is -2.37. The van der Waals surface area contributed by atoms with Crippen molar-refractivity contribution in [2.24, 2.45) is 0 Å². The lowest BCUT2D eigenvalue weighted by Gasteiger charge is -2.28. The molecule has 0 spiro atoms. The number of fused-ring (bicyclic) bond motifs is 1. The van der Waals surface area contributed by atoms with Crippen LogP contribution in [0.25, 0.3) is 11.3 Å². The molecule has 0 atom stereocenters. The average Bonchev–Trinajstić information content (AvgIpc) is 3.28. The molecule has 0 unspecified atom stereocenters. The molecule has 4 heterocycles. The number of hydrogen-bond acceptors (Lipinski definition) is 9. The van der Waals surface area contributed by atoms with E-state index in [4.69, 9.17) is 19.8 Å². The Bertz CT molecular complexity index is 1120. The third kappa shape index (κ3) is 4.55. The Morgan fingerprint density at radius 1 is 1.06 bits per heavy atom. The van der Waals surface area contributed by atoms with Gasteiger partial charge in [0.2, 0.25) is 5.95 Å². The number of rotatable bonds is 7. The molecule has 2 aromatic heterocycles. The molecule has 1 aromatic carbocycles. The molecule has 5 rings (SSSR count). The van der Waals surface area contributed by atoms with Gasteiger partial charge < -0.3 is 30.1 Å². The normalized spacial score (nSPS) is 15.5. The Kier molecular flexibility index (Phi) is 6.23. The summed E-state index contributed by atoms with van der Waals surface area (Å²) in [5.41, 5.74) is 3.81. The van der Waals surface area contributed by atoms with Crippen LogP contribution in [0.2, 0.25) is 0 Å². The fourth-order valence-corrected chi connectivity index (χ4v) is 4.27. The number of phenolic OH excluding ortho intramolecular Hbond substituents is 1. The van der Waals surface area contributed by atoms with Crippen molar-refractivity contribution in [2.75, 3.05) is 61.1 Å². The third-order valence-electron chi connectivity index (χ3n) is 5.92. The van der Waals surface area contributed by atoms with Gasteiger partial charge in [0, 0.05) is 61.9 Å². The summed E-state index contributed by atoms with van der Waals surface area (Å²) in [6, 6.07) is 11.2. The first-order valence-electron chi connectivity index (χ1n) is 11.3. The standard InChI is InChI=1S/C24H28N6O3/c31-12-2-7-25-21-16-18(5-8-26-21)30-9-6-20-22(17-3-1-4-19(32)15-17)27-24(28-23(20)30)29-10-13-33-14-11-29/h1,3-5,8,15-16,31-32H,2,6-7,9-14H2,(H,25,26). The van der Waals surface area contributed by atoms with Crippen LogP contribution in [0, 0.1) is 0 Å². The van der Waals surface area contributed by atoms with Gasteiger partial charge in [0.15, 0.2) is 0 Å². The van der Waals surface area contributed by atoms with E-state index >= 15 is 0 Å². The lowest BCUT2D eigenvalue weighted by atomic mass is 10.1. The topological polar surface area (TPSA) is 107 Å². The lowest BCUT2D eigenvalue weighted by molar-refractivity contribution is 0.122. The zero-order chi connectivity index (χ0) is 22.6. The van der Waals surface area contributed by atoms with Gasteiger partial charge in [-0.05, 0) is 31.0 Å². The third-order valence-corrected chi connectivity index (χ3v) is 5.92. The van der Waals surface area contributed by atoms with E-state index in [1.54, 1.807) is 18.3 Å². The summed E-state index contributed by atoms with van der Waals surface area (Å²) in [4.78, 5) is 18.7. The van der Waals surface area contributed by atoms with E-state index in [0.29, 0.717) is 32.1 Å². The van der Waals surface area contributed by atoms with E-state index in [0.717, 1.165) is 60.2 Å². The molecule has 3 aromatic rings. The number of phenols is 1. The first-order valence-corrected chi connectivity index (χ1v) is 11.3. The number of aliphatic hydroxyl groups excluding tert-OH is 1. The predicted octanol–water partition coefficient (Wildman–Crippen LogP) is 2.57. The van der Waals surface area contributed by atoms with Gasteiger partial charge in [0.25, 0.3) is 0 Å². The largest absolute Gasteiger partial charge is 0.508 e. The number of aliphatic hydroxyl groups is 1. The van der Waals surface area contributed by atoms with Gasteiger partial charge in [-0.2, -0.15) is 4.98 Å². The Balaban J connectivity index is 1.55. The quantitative estimate of drug-likeness (QED) is 0.470. The number of ether oxygens (including phenoxy) is 1. The fraction of sp³-hybridized carbons (Fsp3) is 0.375. The first-order chi connectivity index (χ1) is 16.2. The van der Waals surface area contributed by atoms with E-state index in [2.05, 4.69) is 20.1 Å². The molecular weight excluding hydrogens is 420 g/mol. The molecular formula is C24H28N6O3. The van der Waals surface area contributed by atoms with Crippen molar-refractivity contribution in [3.8, 4) is 17.0 Å². The molecule has 9 nitrogen and oxygen atoms in total. The van der Waals surface area contributed by atoms with Crippen LogP contribution in [0.15, 0.2) is 42.6 Å². The van der Waals surface area contributed by atoms with E-state index in [9.17, 15) is 5.11 Å². The first kappa shape index (κ1) is 21.4. The summed E-state index contributed by atoms with van der Waals surface area (Å²) >= 11 is 0. The van der Waals surface area contributed by atoms with E-state index in [1.165, 1.54) is 0 Å². The Hall–Kier alpha value is -3.43. The van der Waals surface area contributed by atoms with E-state index in [1.807, 2.05) is 24.3 Å². The maximum absolute atomic E-state index is 10.1. The Morgan fingerprint density at radius 3 is 2.76 bits per heavy atom. The summed E-state index contributed by atoms with van der Waals surface area (Å²) in [7, 11) is 0. The second kappa shape index (κ2) is 9.60. The second-order valence-electron chi connectivity index (χ2n) is 8.13. The van der Waals surface area contributed by atoms with Gasteiger partial charge in [0.05, 0.1) is 18.9 Å². The van der Waals surface area contributed by atoms with Gasteiger partial charge in [-0.25, -0.2) is 9.97 Å². The molecule has 3 N–H and O–H groups in total. The van der Waals surface area contributed by atoms with Gasteiger partial charge in [0.1, 0.15) is 17.4 Å².